The van der Waals surface area contributed by atoms with Crippen LogP contribution < -0.4 is 5.32 Å². The van der Waals surface area contributed by atoms with Crippen LogP contribution in [-0.4, -0.2) is 16.2 Å². The fourth-order valence-corrected chi connectivity index (χ4v) is 1.99. The first-order valence-corrected chi connectivity index (χ1v) is 5.44. The molecule has 3 heteroatoms. The van der Waals surface area contributed by atoms with E-state index in [1.807, 2.05) is 12.3 Å². The van der Waals surface area contributed by atoms with Crippen LogP contribution in [0.4, 0.5) is 0 Å². The molecule has 1 aliphatic rings. The number of nitrogens with zero attached hydrogens (tertiary/aromatic N) is 2. The molecule has 0 atom stereocenters. The largest absolute Gasteiger partial charge is 0.310 e. The minimum absolute atomic E-state index is 0.719. The van der Waals surface area contributed by atoms with Gasteiger partial charge in [0, 0.05) is 18.8 Å². The SMILES string of the molecule is c1cc(CNC2CCCCC2)cnn1. The van der Waals surface area contributed by atoms with Gasteiger partial charge in [-0.1, -0.05) is 19.3 Å². The molecule has 76 valence electrons. The maximum absolute atomic E-state index is 3.86. The van der Waals surface area contributed by atoms with Crippen molar-refractivity contribution in [3.63, 3.8) is 0 Å². The van der Waals surface area contributed by atoms with Gasteiger partial charge < -0.3 is 5.32 Å². The maximum Gasteiger partial charge on any atom is 0.0541 e. The van der Waals surface area contributed by atoms with E-state index in [4.69, 9.17) is 0 Å². The second-order valence-electron chi connectivity index (χ2n) is 3.97. The van der Waals surface area contributed by atoms with Crippen molar-refractivity contribution in [2.45, 2.75) is 44.7 Å². The lowest BCUT2D eigenvalue weighted by atomic mass is 9.95. The molecule has 0 saturated heterocycles. The van der Waals surface area contributed by atoms with Crippen LogP contribution >= 0.6 is 0 Å². The molecule has 0 bridgehead atoms. The highest BCUT2D eigenvalue weighted by atomic mass is 15.1. The van der Waals surface area contributed by atoms with E-state index in [1.54, 1.807) is 6.20 Å². The molecule has 1 aliphatic carbocycles. The summed E-state index contributed by atoms with van der Waals surface area (Å²) in [6.45, 7) is 0.931. The first kappa shape index (κ1) is 9.59. The number of rotatable bonds is 3. The number of hydrogen-bond donors (Lipinski definition) is 1. The topological polar surface area (TPSA) is 37.8 Å². The van der Waals surface area contributed by atoms with E-state index < -0.39 is 0 Å². The maximum atomic E-state index is 3.86. The highest BCUT2D eigenvalue weighted by molar-refractivity contribution is 5.04. The Kier molecular flexibility index (Phi) is 3.46. The average molecular weight is 191 g/mol. The molecular formula is C11H17N3. The zero-order valence-corrected chi connectivity index (χ0v) is 8.45. The second-order valence-corrected chi connectivity index (χ2v) is 3.97. The van der Waals surface area contributed by atoms with Crippen LogP contribution in [0.3, 0.4) is 0 Å². The highest BCUT2D eigenvalue weighted by Gasteiger charge is 2.11. The molecule has 0 aromatic carbocycles. The Hall–Kier alpha value is -0.960. The van der Waals surface area contributed by atoms with E-state index >= 15 is 0 Å². The fraction of sp³-hybridized carbons (Fsp3) is 0.636. The molecule has 1 N–H and O–H groups in total. The Balaban J connectivity index is 1.76. The van der Waals surface area contributed by atoms with Crippen molar-refractivity contribution < 1.29 is 0 Å². The summed E-state index contributed by atoms with van der Waals surface area (Å²) in [6, 6.07) is 2.74. The molecule has 0 radical (unpaired) electrons. The van der Waals surface area contributed by atoms with Crippen molar-refractivity contribution in [1.29, 1.82) is 0 Å². The van der Waals surface area contributed by atoms with Gasteiger partial charge in [-0.2, -0.15) is 10.2 Å². The summed E-state index contributed by atoms with van der Waals surface area (Å²) in [5.41, 5.74) is 1.23. The average Bonchev–Trinajstić information content (AvgIpc) is 2.29. The quantitative estimate of drug-likeness (QED) is 0.793. The minimum atomic E-state index is 0.719. The van der Waals surface area contributed by atoms with Crippen molar-refractivity contribution in [3.8, 4) is 0 Å². The molecule has 0 amide bonds. The highest BCUT2D eigenvalue weighted by Crippen LogP contribution is 2.17. The van der Waals surface area contributed by atoms with Gasteiger partial charge in [-0.3, -0.25) is 0 Å². The Bertz CT molecular complexity index is 254. The molecule has 2 rings (SSSR count). The summed E-state index contributed by atoms with van der Waals surface area (Å²) < 4.78 is 0. The lowest BCUT2D eigenvalue weighted by Gasteiger charge is -2.22. The van der Waals surface area contributed by atoms with Gasteiger partial charge in [0.05, 0.1) is 6.20 Å². The van der Waals surface area contributed by atoms with Crippen LogP contribution in [0.2, 0.25) is 0 Å². The molecule has 0 spiro atoms. The number of aromatic nitrogens is 2. The zero-order valence-electron chi connectivity index (χ0n) is 8.45. The van der Waals surface area contributed by atoms with E-state index in [-0.39, 0.29) is 0 Å². The predicted molar refractivity (Wildman–Crippen MR) is 55.7 cm³/mol. The first-order valence-electron chi connectivity index (χ1n) is 5.44. The van der Waals surface area contributed by atoms with Gasteiger partial charge in [-0.05, 0) is 24.5 Å². The molecule has 1 fully saturated rings. The Morgan fingerprint density at radius 1 is 1.21 bits per heavy atom. The molecular weight excluding hydrogens is 174 g/mol. The van der Waals surface area contributed by atoms with Gasteiger partial charge in [0.25, 0.3) is 0 Å². The van der Waals surface area contributed by atoms with Crippen molar-refractivity contribution >= 4 is 0 Å². The third kappa shape index (κ3) is 2.77. The molecule has 1 aromatic heterocycles. The van der Waals surface area contributed by atoms with Gasteiger partial charge >= 0.3 is 0 Å². The summed E-state index contributed by atoms with van der Waals surface area (Å²) in [4.78, 5) is 0. The summed E-state index contributed by atoms with van der Waals surface area (Å²) in [5, 5.41) is 11.2. The fourth-order valence-electron chi connectivity index (χ4n) is 1.99. The zero-order chi connectivity index (χ0) is 9.64. The van der Waals surface area contributed by atoms with E-state index in [2.05, 4.69) is 15.5 Å². The first-order chi connectivity index (χ1) is 6.95. The van der Waals surface area contributed by atoms with E-state index in [1.165, 1.54) is 37.7 Å². The smallest absolute Gasteiger partial charge is 0.0541 e. The van der Waals surface area contributed by atoms with Crippen LogP contribution in [-0.2, 0) is 6.54 Å². The Morgan fingerprint density at radius 2 is 2.07 bits per heavy atom. The minimum Gasteiger partial charge on any atom is -0.310 e. The Morgan fingerprint density at radius 3 is 2.79 bits per heavy atom. The number of nitrogens with one attached hydrogen (secondary N) is 1. The molecule has 1 heterocycles. The third-order valence-corrected chi connectivity index (χ3v) is 2.85. The Labute approximate surface area is 84.9 Å². The lowest BCUT2D eigenvalue weighted by molar-refractivity contribution is 0.372. The van der Waals surface area contributed by atoms with Crippen molar-refractivity contribution in [3.05, 3.63) is 24.0 Å². The van der Waals surface area contributed by atoms with E-state index in [9.17, 15) is 0 Å². The lowest BCUT2D eigenvalue weighted by Crippen LogP contribution is -2.30. The van der Waals surface area contributed by atoms with Gasteiger partial charge in [0.15, 0.2) is 0 Å². The molecule has 0 unspecified atom stereocenters. The third-order valence-electron chi connectivity index (χ3n) is 2.85. The summed E-state index contributed by atoms with van der Waals surface area (Å²) in [6.07, 6.45) is 10.4. The standard InChI is InChI=1S/C11H17N3/c1-2-4-11(5-3-1)12-8-10-6-7-13-14-9-10/h6-7,9,11-12H,1-5,8H2. The van der Waals surface area contributed by atoms with Crippen LogP contribution in [0.5, 0.6) is 0 Å². The van der Waals surface area contributed by atoms with Crippen molar-refractivity contribution in [2.75, 3.05) is 0 Å². The van der Waals surface area contributed by atoms with Crippen LogP contribution in [0, 0.1) is 0 Å². The second kappa shape index (κ2) is 5.05. The molecule has 14 heavy (non-hydrogen) atoms. The predicted octanol–water partition coefficient (Wildman–Crippen LogP) is 1.90. The van der Waals surface area contributed by atoms with Gasteiger partial charge in [-0.15, -0.1) is 0 Å². The van der Waals surface area contributed by atoms with Crippen LogP contribution in [0.15, 0.2) is 18.5 Å². The molecule has 1 aromatic rings. The van der Waals surface area contributed by atoms with Crippen molar-refractivity contribution in [2.24, 2.45) is 0 Å². The molecule has 1 saturated carbocycles. The van der Waals surface area contributed by atoms with Gasteiger partial charge in [0.2, 0.25) is 0 Å². The monoisotopic (exact) mass is 191 g/mol. The molecule has 0 aliphatic heterocycles. The molecule has 3 nitrogen and oxygen atoms in total. The van der Waals surface area contributed by atoms with Crippen LogP contribution in [0.1, 0.15) is 37.7 Å². The van der Waals surface area contributed by atoms with E-state index in [0.29, 0.717) is 0 Å². The summed E-state index contributed by atoms with van der Waals surface area (Å²) >= 11 is 0. The normalized spacial score (nSPS) is 18.3. The van der Waals surface area contributed by atoms with Gasteiger partial charge in [0.1, 0.15) is 0 Å². The van der Waals surface area contributed by atoms with Crippen molar-refractivity contribution in [1.82, 2.24) is 15.5 Å². The van der Waals surface area contributed by atoms with Gasteiger partial charge in [-0.25, -0.2) is 0 Å². The van der Waals surface area contributed by atoms with Crippen LogP contribution in [0.25, 0.3) is 0 Å². The van der Waals surface area contributed by atoms with E-state index in [0.717, 1.165) is 12.6 Å². The summed E-state index contributed by atoms with van der Waals surface area (Å²) in [5.74, 6) is 0. The number of hydrogen-bond acceptors (Lipinski definition) is 3. The summed E-state index contributed by atoms with van der Waals surface area (Å²) in [7, 11) is 0.